The number of benzene rings is 2. The molecule has 1 aromatic heterocycles. The van der Waals surface area contributed by atoms with Crippen molar-refractivity contribution in [2.45, 2.75) is 13.8 Å². The second-order valence-corrected chi connectivity index (χ2v) is 6.17. The number of para-hydroxylation sites is 1. The Morgan fingerprint density at radius 1 is 1.07 bits per heavy atom. The quantitative estimate of drug-likeness (QED) is 0.607. The molecule has 1 amide bonds. The van der Waals surface area contributed by atoms with Gasteiger partial charge in [-0.15, -0.1) is 0 Å². The van der Waals surface area contributed by atoms with E-state index in [1.54, 1.807) is 62.4 Å². The van der Waals surface area contributed by atoms with Crippen LogP contribution in [0.15, 0.2) is 66.7 Å². The van der Waals surface area contributed by atoms with Gasteiger partial charge in [0.1, 0.15) is 6.07 Å². The second-order valence-electron chi connectivity index (χ2n) is 6.17. The van der Waals surface area contributed by atoms with Crippen molar-refractivity contribution in [2.75, 3.05) is 11.5 Å². The first-order valence-corrected chi connectivity index (χ1v) is 9.10. The fourth-order valence-corrected chi connectivity index (χ4v) is 2.88. The van der Waals surface area contributed by atoms with E-state index in [1.165, 1.54) is 11.0 Å². The van der Waals surface area contributed by atoms with Crippen molar-refractivity contribution in [3.63, 3.8) is 0 Å². The van der Waals surface area contributed by atoms with Gasteiger partial charge < -0.3 is 4.74 Å². The number of rotatable bonds is 5. The molecule has 0 unspecified atom stereocenters. The molecule has 0 bridgehead atoms. The van der Waals surface area contributed by atoms with E-state index >= 15 is 0 Å². The van der Waals surface area contributed by atoms with Crippen LogP contribution in [0.5, 0.6) is 0 Å². The van der Waals surface area contributed by atoms with Crippen molar-refractivity contribution in [2.24, 2.45) is 0 Å². The molecule has 0 aliphatic rings. The van der Waals surface area contributed by atoms with Crippen LogP contribution in [0.2, 0.25) is 0 Å². The van der Waals surface area contributed by atoms with E-state index in [1.807, 2.05) is 12.1 Å². The molecule has 29 heavy (non-hydrogen) atoms. The predicted molar refractivity (Wildman–Crippen MR) is 109 cm³/mol. The van der Waals surface area contributed by atoms with Crippen molar-refractivity contribution in [1.29, 1.82) is 5.26 Å². The van der Waals surface area contributed by atoms with E-state index in [2.05, 4.69) is 11.1 Å². The number of amides is 1. The number of nitriles is 1. The van der Waals surface area contributed by atoms with Gasteiger partial charge >= 0.3 is 5.97 Å². The maximum absolute atomic E-state index is 13.3. The molecule has 0 radical (unpaired) electrons. The summed E-state index contributed by atoms with van der Waals surface area (Å²) in [6.07, 6.45) is 0. The summed E-state index contributed by atoms with van der Waals surface area (Å²) in [5.41, 5.74) is 1.70. The van der Waals surface area contributed by atoms with E-state index in [9.17, 15) is 14.9 Å². The third-order valence-electron chi connectivity index (χ3n) is 4.26. The zero-order valence-electron chi connectivity index (χ0n) is 16.1. The van der Waals surface area contributed by atoms with Crippen LogP contribution in [0.1, 0.15) is 38.9 Å². The van der Waals surface area contributed by atoms with Gasteiger partial charge in [-0.2, -0.15) is 5.26 Å². The molecule has 2 aromatic carbocycles. The molecule has 0 fully saturated rings. The number of nitrogens with zero attached hydrogens (tertiary/aromatic N) is 3. The Kier molecular flexibility index (Phi) is 6.00. The number of hydrogen-bond acceptors (Lipinski definition) is 5. The van der Waals surface area contributed by atoms with Crippen molar-refractivity contribution in [3.05, 3.63) is 89.1 Å². The molecule has 1 heterocycles. The van der Waals surface area contributed by atoms with Crippen molar-refractivity contribution >= 4 is 23.4 Å². The normalized spacial score (nSPS) is 10.1. The van der Waals surface area contributed by atoms with Gasteiger partial charge in [-0.05, 0) is 44.2 Å². The van der Waals surface area contributed by atoms with Crippen LogP contribution in [0.4, 0.5) is 11.5 Å². The van der Waals surface area contributed by atoms with Gasteiger partial charge in [0, 0.05) is 5.56 Å². The van der Waals surface area contributed by atoms with Crippen LogP contribution in [-0.2, 0) is 4.74 Å². The third-order valence-corrected chi connectivity index (χ3v) is 4.26. The average Bonchev–Trinajstić information content (AvgIpc) is 2.75. The lowest BCUT2D eigenvalue weighted by Gasteiger charge is -2.24. The van der Waals surface area contributed by atoms with Crippen LogP contribution >= 0.6 is 0 Å². The minimum absolute atomic E-state index is 0.104. The Hall–Kier alpha value is -3.98. The summed E-state index contributed by atoms with van der Waals surface area (Å²) >= 11 is 0. The zero-order chi connectivity index (χ0) is 20.8. The van der Waals surface area contributed by atoms with Gasteiger partial charge in [-0.3, -0.25) is 9.69 Å². The first-order chi connectivity index (χ1) is 14.1. The fraction of sp³-hybridized carbons (Fsp3) is 0.130. The lowest BCUT2D eigenvalue weighted by molar-refractivity contribution is 0.0525. The topological polar surface area (TPSA) is 83.3 Å². The maximum Gasteiger partial charge on any atom is 0.340 e. The summed E-state index contributed by atoms with van der Waals surface area (Å²) in [7, 11) is 0. The van der Waals surface area contributed by atoms with E-state index < -0.39 is 5.97 Å². The van der Waals surface area contributed by atoms with Crippen LogP contribution in [0.25, 0.3) is 0 Å². The summed E-state index contributed by atoms with van der Waals surface area (Å²) < 4.78 is 5.04. The highest BCUT2D eigenvalue weighted by Gasteiger charge is 2.26. The number of esters is 1. The van der Waals surface area contributed by atoms with Gasteiger partial charge in [0.25, 0.3) is 5.91 Å². The molecule has 6 heteroatoms. The van der Waals surface area contributed by atoms with Gasteiger partial charge in [0.05, 0.1) is 29.1 Å². The first-order valence-electron chi connectivity index (χ1n) is 9.10. The average molecular weight is 385 g/mol. The Labute approximate surface area is 169 Å². The summed E-state index contributed by atoms with van der Waals surface area (Å²) in [6, 6.07) is 21.2. The van der Waals surface area contributed by atoms with Gasteiger partial charge in [0.2, 0.25) is 0 Å². The van der Waals surface area contributed by atoms with Gasteiger partial charge in [-0.1, -0.05) is 36.4 Å². The van der Waals surface area contributed by atoms with E-state index in [-0.39, 0.29) is 29.5 Å². The fourth-order valence-electron chi connectivity index (χ4n) is 2.88. The second kappa shape index (κ2) is 8.81. The standard InChI is InChI=1S/C23H19N3O3/c1-3-29-23(28)20-14-18(15-24)21(25-16(20)2)26(19-12-8-5-9-13-19)22(27)17-10-6-4-7-11-17/h4-14H,3H2,1-2H3. The van der Waals surface area contributed by atoms with Crippen LogP contribution in [0.3, 0.4) is 0 Å². The highest BCUT2D eigenvalue weighted by Crippen LogP contribution is 2.30. The van der Waals surface area contributed by atoms with Gasteiger partial charge in [0.15, 0.2) is 5.82 Å². The number of carbonyl (C=O) groups is 2. The van der Waals surface area contributed by atoms with Crippen LogP contribution in [0, 0.1) is 18.3 Å². The summed E-state index contributed by atoms with van der Waals surface area (Å²) in [4.78, 5) is 31.4. The lowest BCUT2D eigenvalue weighted by Crippen LogP contribution is -2.28. The molecule has 0 N–H and O–H groups in total. The van der Waals surface area contributed by atoms with E-state index in [0.29, 0.717) is 16.9 Å². The molecule has 0 atom stereocenters. The van der Waals surface area contributed by atoms with E-state index in [0.717, 1.165) is 0 Å². The summed E-state index contributed by atoms with van der Waals surface area (Å²) in [5, 5.41) is 9.71. The monoisotopic (exact) mass is 385 g/mol. The molecule has 0 saturated carbocycles. The van der Waals surface area contributed by atoms with Crippen molar-refractivity contribution < 1.29 is 14.3 Å². The molecule has 3 rings (SSSR count). The van der Waals surface area contributed by atoms with Crippen LogP contribution in [-0.4, -0.2) is 23.5 Å². The van der Waals surface area contributed by atoms with Crippen LogP contribution < -0.4 is 4.90 Å². The highest BCUT2D eigenvalue weighted by molar-refractivity contribution is 6.11. The number of carbonyl (C=O) groups excluding carboxylic acids is 2. The number of aromatic nitrogens is 1. The predicted octanol–water partition coefficient (Wildman–Crippen LogP) is 4.42. The Morgan fingerprint density at radius 2 is 1.69 bits per heavy atom. The molecule has 0 aliphatic carbocycles. The number of hydrogen-bond donors (Lipinski definition) is 0. The Morgan fingerprint density at radius 3 is 2.28 bits per heavy atom. The third kappa shape index (κ3) is 4.14. The highest BCUT2D eigenvalue weighted by atomic mass is 16.5. The number of anilines is 2. The number of aryl methyl sites for hydroxylation is 1. The summed E-state index contributed by atoms with van der Waals surface area (Å²) in [6.45, 7) is 3.56. The maximum atomic E-state index is 13.3. The molecule has 0 aliphatic heterocycles. The minimum Gasteiger partial charge on any atom is -0.462 e. The molecule has 6 nitrogen and oxygen atoms in total. The Bertz CT molecular complexity index is 1070. The Balaban J connectivity index is 2.18. The van der Waals surface area contributed by atoms with Crippen molar-refractivity contribution in [1.82, 2.24) is 4.98 Å². The van der Waals surface area contributed by atoms with E-state index in [4.69, 9.17) is 4.74 Å². The van der Waals surface area contributed by atoms with Gasteiger partial charge in [-0.25, -0.2) is 9.78 Å². The molecule has 0 spiro atoms. The van der Waals surface area contributed by atoms with Crippen molar-refractivity contribution in [3.8, 4) is 6.07 Å². The molecule has 0 saturated heterocycles. The first kappa shape index (κ1) is 19.8. The minimum atomic E-state index is -0.554. The zero-order valence-corrected chi connectivity index (χ0v) is 16.1. The molecule has 3 aromatic rings. The number of pyridine rings is 1. The molecule has 144 valence electrons. The smallest absolute Gasteiger partial charge is 0.340 e. The SMILES string of the molecule is CCOC(=O)c1cc(C#N)c(N(C(=O)c2ccccc2)c2ccccc2)nc1C. The summed E-state index contributed by atoms with van der Waals surface area (Å²) in [5.74, 6) is -0.719. The molecular weight excluding hydrogens is 366 g/mol. The largest absolute Gasteiger partial charge is 0.462 e. The number of ether oxygens (including phenoxy) is 1. The molecular formula is C23H19N3O3. The lowest BCUT2D eigenvalue weighted by atomic mass is 10.1.